The third-order valence-corrected chi connectivity index (χ3v) is 1.51. The Morgan fingerprint density at radius 3 is 1.80 bits per heavy atom. The number of hydrogen-bond acceptors (Lipinski definition) is 4. The van der Waals surface area contributed by atoms with Gasteiger partial charge in [-0.1, -0.05) is 0 Å². The molecule has 0 saturated carbocycles. The first kappa shape index (κ1) is 7.94. The summed E-state index contributed by atoms with van der Waals surface area (Å²) in [5, 5.41) is 17.3. The molecule has 2 unspecified atom stereocenters. The molecule has 2 N–H and O–H groups in total. The molecule has 1 aliphatic rings. The van der Waals surface area contributed by atoms with Gasteiger partial charge in [-0.05, 0) is 6.92 Å². The van der Waals surface area contributed by atoms with Gasteiger partial charge in [0.1, 0.15) is 12.2 Å². The summed E-state index contributed by atoms with van der Waals surface area (Å²) < 4.78 is 10.2. The fraction of sp³-hybridized carbons (Fsp3) is 1.00. The molecule has 0 radical (unpaired) electrons. The van der Waals surface area contributed by atoms with Gasteiger partial charge in [-0.25, -0.2) is 0 Å². The minimum absolute atomic E-state index is 0.102. The third kappa shape index (κ3) is 1.46. The van der Waals surface area contributed by atoms with Crippen LogP contribution in [0.4, 0.5) is 0 Å². The maximum Gasteiger partial charge on any atom is 0.156 e. The normalized spacial score (nSPS) is 40.5. The molecule has 0 aromatic carbocycles. The summed E-state index contributed by atoms with van der Waals surface area (Å²) >= 11 is 0. The van der Waals surface area contributed by atoms with Crippen molar-refractivity contribution in [3.8, 4) is 0 Å². The molecule has 0 aliphatic carbocycles. The summed E-state index contributed by atoms with van der Waals surface area (Å²) in [7, 11) is 0. The molecule has 0 bridgehead atoms. The van der Waals surface area contributed by atoms with Crippen molar-refractivity contribution in [2.45, 2.75) is 25.4 Å². The SMILES string of the molecule is CC1OC(CO)[C@@H](CO)O1. The van der Waals surface area contributed by atoms with Gasteiger partial charge in [0.2, 0.25) is 0 Å². The van der Waals surface area contributed by atoms with Crippen LogP contribution in [0.25, 0.3) is 0 Å². The van der Waals surface area contributed by atoms with Gasteiger partial charge in [0.05, 0.1) is 13.2 Å². The second-order valence-electron chi connectivity index (χ2n) is 2.28. The molecule has 4 heteroatoms. The highest BCUT2D eigenvalue weighted by Gasteiger charge is 2.32. The summed E-state index contributed by atoms with van der Waals surface area (Å²) in [6.45, 7) is 1.53. The number of aliphatic hydroxyl groups is 2. The van der Waals surface area contributed by atoms with Crippen LogP contribution in [0.2, 0.25) is 0 Å². The molecule has 0 spiro atoms. The van der Waals surface area contributed by atoms with E-state index in [0.717, 1.165) is 0 Å². The number of hydrogen-bond donors (Lipinski definition) is 2. The summed E-state index contributed by atoms with van der Waals surface area (Å²) in [6, 6.07) is 0. The molecule has 0 amide bonds. The van der Waals surface area contributed by atoms with Crippen LogP contribution in [-0.4, -0.2) is 41.9 Å². The van der Waals surface area contributed by atoms with Crippen molar-refractivity contribution in [2.24, 2.45) is 0 Å². The first-order valence-corrected chi connectivity index (χ1v) is 3.30. The van der Waals surface area contributed by atoms with Crippen molar-refractivity contribution in [2.75, 3.05) is 13.2 Å². The Kier molecular flexibility index (Phi) is 2.62. The van der Waals surface area contributed by atoms with Crippen molar-refractivity contribution in [1.29, 1.82) is 0 Å². The van der Waals surface area contributed by atoms with Crippen LogP contribution in [0.3, 0.4) is 0 Å². The lowest BCUT2D eigenvalue weighted by molar-refractivity contribution is -0.0597. The van der Waals surface area contributed by atoms with Crippen LogP contribution in [0.15, 0.2) is 0 Å². The Labute approximate surface area is 59.4 Å². The van der Waals surface area contributed by atoms with Gasteiger partial charge in [0.15, 0.2) is 6.29 Å². The average Bonchev–Trinajstić information content (AvgIpc) is 2.30. The van der Waals surface area contributed by atoms with Crippen LogP contribution >= 0.6 is 0 Å². The van der Waals surface area contributed by atoms with Crippen molar-refractivity contribution >= 4 is 0 Å². The maximum atomic E-state index is 8.67. The summed E-state index contributed by atoms with van der Waals surface area (Å²) in [5.41, 5.74) is 0. The van der Waals surface area contributed by atoms with E-state index in [4.69, 9.17) is 19.7 Å². The second kappa shape index (κ2) is 3.30. The highest BCUT2D eigenvalue weighted by Crippen LogP contribution is 2.17. The van der Waals surface area contributed by atoms with E-state index < -0.39 is 0 Å². The Morgan fingerprint density at radius 2 is 1.50 bits per heavy atom. The fourth-order valence-electron chi connectivity index (χ4n) is 1.02. The van der Waals surface area contributed by atoms with Crippen LogP contribution in [0, 0.1) is 0 Å². The number of ether oxygens (including phenoxy) is 2. The predicted molar refractivity (Wildman–Crippen MR) is 33.4 cm³/mol. The zero-order valence-corrected chi connectivity index (χ0v) is 5.86. The molecule has 60 valence electrons. The molecule has 0 aromatic heterocycles. The molecule has 3 atom stereocenters. The Balaban J connectivity index is 2.41. The molecule has 1 heterocycles. The van der Waals surface area contributed by atoms with Gasteiger partial charge < -0.3 is 19.7 Å². The van der Waals surface area contributed by atoms with Gasteiger partial charge in [0.25, 0.3) is 0 Å². The lowest BCUT2D eigenvalue weighted by Crippen LogP contribution is -2.29. The minimum atomic E-state index is -0.361. The van der Waals surface area contributed by atoms with Crippen LogP contribution < -0.4 is 0 Å². The highest BCUT2D eigenvalue weighted by molar-refractivity contribution is 4.74. The van der Waals surface area contributed by atoms with E-state index in [1.807, 2.05) is 0 Å². The third-order valence-electron chi connectivity index (χ3n) is 1.51. The van der Waals surface area contributed by atoms with Crippen LogP contribution in [0.5, 0.6) is 0 Å². The summed E-state index contributed by atoms with van der Waals surface area (Å²) in [6.07, 6.45) is -1.03. The quantitative estimate of drug-likeness (QED) is 0.533. The molecule has 1 aliphatic heterocycles. The zero-order valence-electron chi connectivity index (χ0n) is 5.86. The molecule has 1 fully saturated rings. The van der Waals surface area contributed by atoms with Gasteiger partial charge in [-0.2, -0.15) is 0 Å². The van der Waals surface area contributed by atoms with E-state index in [0.29, 0.717) is 0 Å². The zero-order chi connectivity index (χ0) is 7.56. The first-order chi connectivity index (χ1) is 4.77. The Morgan fingerprint density at radius 1 is 1.10 bits per heavy atom. The highest BCUT2D eigenvalue weighted by atomic mass is 16.7. The smallest absolute Gasteiger partial charge is 0.156 e. The lowest BCUT2D eigenvalue weighted by Gasteiger charge is -2.09. The van der Waals surface area contributed by atoms with Gasteiger partial charge in [-0.3, -0.25) is 0 Å². The fourth-order valence-corrected chi connectivity index (χ4v) is 1.02. The minimum Gasteiger partial charge on any atom is -0.394 e. The van der Waals surface area contributed by atoms with Crippen molar-refractivity contribution in [3.63, 3.8) is 0 Å². The Hall–Kier alpha value is -0.160. The van der Waals surface area contributed by atoms with Crippen LogP contribution in [0.1, 0.15) is 6.92 Å². The molecular weight excluding hydrogens is 136 g/mol. The standard InChI is InChI=1S/C6H12O4/c1-4-9-5(2-7)6(3-8)10-4/h4-8H,2-3H2,1H3/t4?,5-,6?/m1/s1. The van der Waals surface area contributed by atoms with E-state index in [9.17, 15) is 0 Å². The number of aliphatic hydroxyl groups excluding tert-OH is 2. The van der Waals surface area contributed by atoms with E-state index in [1.165, 1.54) is 0 Å². The maximum absolute atomic E-state index is 8.67. The topological polar surface area (TPSA) is 58.9 Å². The van der Waals surface area contributed by atoms with Gasteiger partial charge in [0, 0.05) is 0 Å². The second-order valence-corrected chi connectivity index (χ2v) is 2.28. The van der Waals surface area contributed by atoms with Crippen molar-refractivity contribution < 1.29 is 19.7 Å². The summed E-state index contributed by atoms with van der Waals surface area (Å²) in [5.74, 6) is 0. The number of rotatable bonds is 2. The van der Waals surface area contributed by atoms with E-state index in [1.54, 1.807) is 6.92 Å². The predicted octanol–water partition coefficient (Wildman–Crippen LogP) is -0.899. The molecular formula is C6H12O4. The van der Waals surface area contributed by atoms with Gasteiger partial charge in [-0.15, -0.1) is 0 Å². The van der Waals surface area contributed by atoms with Gasteiger partial charge >= 0.3 is 0 Å². The van der Waals surface area contributed by atoms with Crippen molar-refractivity contribution in [3.05, 3.63) is 0 Å². The van der Waals surface area contributed by atoms with E-state index >= 15 is 0 Å². The lowest BCUT2D eigenvalue weighted by atomic mass is 10.2. The summed E-state index contributed by atoms with van der Waals surface area (Å²) in [4.78, 5) is 0. The molecule has 0 aromatic rings. The molecule has 4 nitrogen and oxygen atoms in total. The monoisotopic (exact) mass is 148 g/mol. The average molecular weight is 148 g/mol. The largest absolute Gasteiger partial charge is 0.394 e. The van der Waals surface area contributed by atoms with E-state index in [2.05, 4.69) is 0 Å². The molecule has 1 saturated heterocycles. The van der Waals surface area contributed by atoms with Crippen molar-refractivity contribution in [1.82, 2.24) is 0 Å². The Bertz CT molecular complexity index is 93.9. The van der Waals surface area contributed by atoms with Crippen LogP contribution in [-0.2, 0) is 9.47 Å². The molecule has 10 heavy (non-hydrogen) atoms. The first-order valence-electron chi connectivity index (χ1n) is 3.30. The molecule has 1 rings (SSSR count). The van der Waals surface area contributed by atoms with E-state index in [-0.39, 0.29) is 31.7 Å².